The number of anilines is 1. The summed E-state index contributed by atoms with van der Waals surface area (Å²) in [5.41, 5.74) is 4.65. The number of benzene rings is 2. The molecule has 4 rings (SSSR count). The third-order valence-electron chi connectivity index (χ3n) is 6.06. The van der Waals surface area contributed by atoms with Crippen LogP contribution in [0.4, 0.5) is 10.1 Å². The molecular formula is C23H27FN2O2. The van der Waals surface area contributed by atoms with E-state index < -0.39 is 5.97 Å². The van der Waals surface area contributed by atoms with E-state index in [0.29, 0.717) is 6.04 Å². The van der Waals surface area contributed by atoms with E-state index in [1.165, 1.54) is 28.9 Å². The molecule has 1 saturated heterocycles. The first kappa shape index (κ1) is 18.9. The topological polar surface area (TPSA) is 43.8 Å². The van der Waals surface area contributed by atoms with Crippen LogP contribution in [0.15, 0.2) is 42.5 Å². The number of likely N-dealkylation sites (tertiary alicyclic amines) is 1. The minimum Gasteiger partial charge on any atom is -0.481 e. The van der Waals surface area contributed by atoms with Crippen molar-refractivity contribution in [2.75, 3.05) is 31.1 Å². The number of hydrogen-bond donors (Lipinski definition) is 1. The Morgan fingerprint density at radius 2 is 1.75 bits per heavy atom. The second kappa shape index (κ2) is 8.31. The molecular weight excluding hydrogens is 355 g/mol. The van der Waals surface area contributed by atoms with E-state index >= 15 is 0 Å². The van der Waals surface area contributed by atoms with Crippen molar-refractivity contribution in [3.63, 3.8) is 0 Å². The molecule has 2 heterocycles. The van der Waals surface area contributed by atoms with Crippen molar-refractivity contribution in [2.45, 2.75) is 38.1 Å². The molecule has 148 valence electrons. The summed E-state index contributed by atoms with van der Waals surface area (Å²) in [5.74, 6) is -0.957. The fourth-order valence-corrected chi connectivity index (χ4v) is 4.51. The Balaban J connectivity index is 1.32. The number of carboxylic acid groups (broad SMARTS) is 1. The first-order chi connectivity index (χ1) is 13.6. The summed E-state index contributed by atoms with van der Waals surface area (Å²) in [7, 11) is 0. The molecule has 5 heteroatoms. The van der Waals surface area contributed by atoms with Crippen LogP contribution in [0.2, 0.25) is 0 Å². The number of rotatable bonds is 6. The van der Waals surface area contributed by atoms with Crippen LogP contribution >= 0.6 is 0 Å². The normalized spacial score (nSPS) is 17.7. The smallest absolute Gasteiger partial charge is 0.307 e. The average molecular weight is 382 g/mol. The van der Waals surface area contributed by atoms with Gasteiger partial charge in [-0.3, -0.25) is 4.79 Å². The quantitative estimate of drug-likeness (QED) is 0.830. The van der Waals surface area contributed by atoms with E-state index in [-0.39, 0.29) is 12.2 Å². The lowest BCUT2D eigenvalue weighted by Crippen LogP contribution is -2.45. The van der Waals surface area contributed by atoms with Crippen LogP contribution in [0.1, 0.15) is 29.5 Å². The maximum Gasteiger partial charge on any atom is 0.307 e. The molecule has 2 aromatic rings. The van der Waals surface area contributed by atoms with E-state index in [2.05, 4.69) is 21.9 Å². The van der Waals surface area contributed by atoms with Crippen molar-refractivity contribution in [3.05, 3.63) is 65.0 Å². The summed E-state index contributed by atoms with van der Waals surface area (Å²) in [4.78, 5) is 16.0. The summed E-state index contributed by atoms with van der Waals surface area (Å²) >= 11 is 0. The predicted molar refractivity (Wildman–Crippen MR) is 108 cm³/mol. The van der Waals surface area contributed by atoms with Gasteiger partial charge >= 0.3 is 5.97 Å². The number of aliphatic carboxylic acids is 1. The van der Waals surface area contributed by atoms with Gasteiger partial charge in [-0.1, -0.05) is 24.3 Å². The molecule has 4 nitrogen and oxygen atoms in total. The predicted octanol–water partition coefficient (Wildman–Crippen LogP) is 3.52. The highest BCUT2D eigenvalue weighted by Gasteiger charge is 2.29. The van der Waals surface area contributed by atoms with Crippen molar-refractivity contribution in [3.8, 4) is 0 Å². The van der Waals surface area contributed by atoms with Crippen LogP contribution in [-0.2, 0) is 24.1 Å². The van der Waals surface area contributed by atoms with Gasteiger partial charge in [0.1, 0.15) is 5.82 Å². The molecule has 1 N–H and O–H groups in total. The monoisotopic (exact) mass is 382 g/mol. The van der Waals surface area contributed by atoms with Crippen molar-refractivity contribution in [1.29, 1.82) is 0 Å². The molecule has 0 bridgehead atoms. The largest absolute Gasteiger partial charge is 0.481 e. The highest BCUT2D eigenvalue weighted by Crippen LogP contribution is 2.33. The molecule has 1 fully saturated rings. The fraction of sp³-hybridized carbons (Fsp3) is 0.435. The standard InChI is InChI=1S/C23H27FN2O2/c24-20-5-2-17(3-6-20)7-11-25-12-9-21(10-13-25)26-14-8-19-4-1-18(15-22(19)26)16-23(27)28/h1-6,15,21H,7-14,16H2,(H,27,28). The lowest BCUT2D eigenvalue weighted by Gasteiger charge is -2.38. The first-order valence-corrected chi connectivity index (χ1v) is 10.2. The van der Waals surface area contributed by atoms with Gasteiger partial charge in [-0.05, 0) is 60.6 Å². The van der Waals surface area contributed by atoms with E-state index in [1.807, 2.05) is 18.2 Å². The van der Waals surface area contributed by atoms with Gasteiger partial charge in [0.2, 0.25) is 0 Å². The maximum absolute atomic E-state index is 13.0. The summed E-state index contributed by atoms with van der Waals surface area (Å²) in [6.45, 7) is 4.20. The van der Waals surface area contributed by atoms with Crippen LogP contribution in [0.5, 0.6) is 0 Å². The van der Waals surface area contributed by atoms with Gasteiger partial charge in [-0.25, -0.2) is 4.39 Å². The molecule has 2 aromatic carbocycles. The lowest BCUT2D eigenvalue weighted by atomic mass is 10.0. The fourth-order valence-electron chi connectivity index (χ4n) is 4.51. The molecule has 0 aliphatic carbocycles. The number of fused-ring (bicyclic) bond motifs is 1. The Bertz CT molecular complexity index is 829. The molecule has 28 heavy (non-hydrogen) atoms. The van der Waals surface area contributed by atoms with E-state index in [0.717, 1.165) is 57.4 Å². The molecule has 0 saturated carbocycles. The van der Waals surface area contributed by atoms with Crippen molar-refractivity contribution in [1.82, 2.24) is 4.90 Å². The number of hydrogen-bond acceptors (Lipinski definition) is 3. The molecule has 0 amide bonds. The highest BCUT2D eigenvalue weighted by atomic mass is 19.1. The summed E-state index contributed by atoms with van der Waals surface area (Å²) < 4.78 is 13.0. The second-order valence-corrected chi connectivity index (χ2v) is 7.93. The number of carbonyl (C=O) groups is 1. The van der Waals surface area contributed by atoms with Gasteiger partial charge in [0.15, 0.2) is 0 Å². The van der Waals surface area contributed by atoms with Gasteiger partial charge in [-0.15, -0.1) is 0 Å². The zero-order valence-electron chi connectivity index (χ0n) is 16.1. The Hall–Kier alpha value is -2.40. The van der Waals surface area contributed by atoms with Gasteiger partial charge in [0.25, 0.3) is 0 Å². The Kier molecular flexibility index (Phi) is 5.62. The minimum absolute atomic E-state index is 0.0863. The number of piperidine rings is 1. The Labute approximate surface area is 165 Å². The zero-order valence-corrected chi connectivity index (χ0v) is 16.1. The SMILES string of the molecule is O=C(O)Cc1ccc2c(c1)N(C1CCN(CCc3ccc(F)cc3)CC1)CC2. The van der Waals surface area contributed by atoms with Gasteiger partial charge in [0.05, 0.1) is 6.42 Å². The van der Waals surface area contributed by atoms with Crippen LogP contribution in [-0.4, -0.2) is 48.2 Å². The molecule has 0 atom stereocenters. The second-order valence-electron chi connectivity index (χ2n) is 7.93. The van der Waals surface area contributed by atoms with Crippen LogP contribution in [0.3, 0.4) is 0 Å². The molecule has 0 radical (unpaired) electrons. The van der Waals surface area contributed by atoms with Gasteiger partial charge in [-0.2, -0.15) is 0 Å². The molecule has 2 aliphatic heterocycles. The lowest BCUT2D eigenvalue weighted by molar-refractivity contribution is -0.136. The third-order valence-corrected chi connectivity index (χ3v) is 6.06. The van der Waals surface area contributed by atoms with Crippen LogP contribution in [0.25, 0.3) is 0 Å². The van der Waals surface area contributed by atoms with Gasteiger partial charge in [0, 0.05) is 37.9 Å². The highest BCUT2D eigenvalue weighted by molar-refractivity contribution is 5.72. The minimum atomic E-state index is -0.779. The van der Waals surface area contributed by atoms with Gasteiger partial charge < -0.3 is 14.9 Å². The van der Waals surface area contributed by atoms with E-state index in [1.54, 1.807) is 0 Å². The Morgan fingerprint density at radius 3 is 2.46 bits per heavy atom. The molecule has 0 unspecified atom stereocenters. The molecule has 0 aromatic heterocycles. The average Bonchev–Trinajstić information content (AvgIpc) is 3.11. The maximum atomic E-state index is 13.0. The third kappa shape index (κ3) is 4.36. The van der Waals surface area contributed by atoms with Crippen LogP contribution < -0.4 is 4.90 Å². The van der Waals surface area contributed by atoms with E-state index in [4.69, 9.17) is 5.11 Å². The van der Waals surface area contributed by atoms with E-state index in [9.17, 15) is 9.18 Å². The number of carboxylic acids is 1. The zero-order chi connectivity index (χ0) is 19.5. The number of halogens is 1. The summed E-state index contributed by atoms with van der Waals surface area (Å²) in [6, 6.07) is 13.5. The van der Waals surface area contributed by atoms with Crippen molar-refractivity contribution in [2.24, 2.45) is 0 Å². The first-order valence-electron chi connectivity index (χ1n) is 10.2. The molecule has 2 aliphatic rings. The Morgan fingerprint density at radius 1 is 1.04 bits per heavy atom. The van der Waals surface area contributed by atoms with Crippen molar-refractivity contribution >= 4 is 11.7 Å². The molecule has 0 spiro atoms. The summed E-state index contributed by atoms with van der Waals surface area (Å²) in [6.07, 6.45) is 4.35. The van der Waals surface area contributed by atoms with Crippen molar-refractivity contribution < 1.29 is 14.3 Å². The summed E-state index contributed by atoms with van der Waals surface area (Å²) in [5, 5.41) is 9.07. The number of nitrogens with zero attached hydrogens (tertiary/aromatic N) is 2. The van der Waals surface area contributed by atoms with Crippen LogP contribution in [0, 0.1) is 5.82 Å².